The van der Waals surface area contributed by atoms with Crippen LogP contribution in [0.5, 0.6) is 0 Å². The topological polar surface area (TPSA) is 12.0 Å². The van der Waals surface area contributed by atoms with Gasteiger partial charge in [0.25, 0.3) is 0 Å². The summed E-state index contributed by atoms with van der Waals surface area (Å²) in [6.45, 7) is 4.32. The third kappa shape index (κ3) is 2.87. The van der Waals surface area contributed by atoms with E-state index in [0.717, 1.165) is 0 Å². The van der Waals surface area contributed by atoms with Gasteiger partial charge in [-0.25, -0.2) is 0 Å². The molecule has 1 atom stereocenters. The van der Waals surface area contributed by atoms with E-state index in [9.17, 15) is 0 Å². The number of hydrogen-bond acceptors (Lipinski definition) is 2. The first kappa shape index (κ1) is 13.2. The zero-order valence-corrected chi connectivity index (χ0v) is 13.7. The van der Waals surface area contributed by atoms with E-state index < -0.39 is 0 Å². The zero-order valence-electron chi connectivity index (χ0n) is 11.3. The minimum Gasteiger partial charge on any atom is -0.378 e. The maximum absolute atomic E-state index is 3.72. The second-order valence-electron chi connectivity index (χ2n) is 5.39. The van der Waals surface area contributed by atoms with E-state index in [1.165, 1.54) is 45.4 Å². The molecule has 1 unspecified atom stereocenters. The maximum atomic E-state index is 3.72. The van der Waals surface area contributed by atoms with E-state index in [4.69, 9.17) is 0 Å². The molecule has 0 radical (unpaired) electrons. The van der Waals surface area contributed by atoms with Crippen LogP contribution in [-0.4, -0.2) is 0 Å². The molecule has 3 heteroatoms. The van der Waals surface area contributed by atoms with Gasteiger partial charge in [0, 0.05) is 10.6 Å². The summed E-state index contributed by atoms with van der Waals surface area (Å²) >= 11 is 5.51. The average Bonchev–Trinajstić information content (AvgIpc) is 2.69. The summed E-state index contributed by atoms with van der Waals surface area (Å²) in [7, 11) is 0. The normalized spacial score (nSPS) is 18.2. The minimum atomic E-state index is 0.465. The van der Waals surface area contributed by atoms with Crippen LogP contribution < -0.4 is 5.32 Å². The molecule has 0 saturated heterocycles. The van der Waals surface area contributed by atoms with Crippen molar-refractivity contribution in [3.63, 3.8) is 0 Å². The molecule has 0 spiro atoms. The minimum absolute atomic E-state index is 0.465. The lowest BCUT2D eigenvalue weighted by Gasteiger charge is -2.25. The Morgan fingerprint density at radius 3 is 2.63 bits per heavy atom. The van der Waals surface area contributed by atoms with Gasteiger partial charge in [-0.3, -0.25) is 0 Å². The van der Waals surface area contributed by atoms with E-state index in [1.54, 1.807) is 4.88 Å². The van der Waals surface area contributed by atoms with E-state index in [1.807, 2.05) is 11.3 Å². The molecular formula is C16H18BrNS. The van der Waals surface area contributed by atoms with Gasteiger partial charge >= 0.3 is 0 Å². The number of aryl methyl sites for hydroxylation is 3. The Balaban J connectivity index is 1.88. The SMILES string of the molecule is Cc1cc(C)cc(NC2CCCc3sc(Br)cc32)c1. The van der Waals surface area contributed by atoms with Crippen molar-refractivity contribution in [3.05, 3.63) is 49.6 Å². The van der Waals surface area contributed by atoms with Crippen molar-refractivity contribution in [1.29, 1.82) is 0 Å². The fourth-order valence-electron chi connectivity index (χ4n) is 2.93. The largest absolute Gasteiger partial charge is 0.378 e. The molecule has 1 N–H and O–H groups in total. The molecule has 0 amide bonds. The lowest BCUT2D eigenvalue weighted by atomic mass is 9.93. The highest BCUT2D eigenvalue weighted by Gasteiger charge is 2.22. The second-order valence-corrected chi connectivity index (χ2v) is 7.91. The number of hydrogen-bond donors (Lipinski definition) is 1. The number of rotatable bonds is 2. The van der Waals surface area contributed by atoms with Crippen molar-refractivity contribution >= 4 is 33.0 Å². The molecule has 1 heterocycles. The van der Waals surface area contributed by atoms with Gasteiger partial charge in [-0.2, -0.15) is 0 Å². The smallest absolute Gasteiger partial charge is 0.0705 e. The number of nitrogens with one attached hydrogen (secondary N) is 1. The highest BCUT2D eigenvalue weighted by atomic mass is 79.9. The van der Waals surface area contributed by atoms with Gasteiger partial charge in [-0.1, -0.05) is 6.07 Å². The Kier molecular flexibility index (Phi) is 3.68. The Hall–Kier alpha value is -0.800. The number of anilines is 1. The van der Waals surface area contributed by atoms with Crippen LogP contribution in [-0.2, 0) is 6.42 Å². The highest BCUT2D eigenvalue weighted by Crippen LogP contribution is 2.39. The summed E-state index contributed by atoms with van der Waals surface area (Å²) in [6, 6.07) is 9.45. The van der Waals surface area contributed by atoms with Crippen LogP contribution in [0, 0.1) is 13.8 Å². The Morgan fingerprint density at radius 2 is 1.89 bits per heavy atom. The molecule has 3 rings (SSSR count). The number of halogens is 1. The summed E-state index contributed by atoms with van der Waals surface area (Å²) in [4.78, 5) is 1.54. The Morgan fingerprint density at radius 1 is 1.16 bits per heavy atom. The van der Waals surface area contributed by atoms with Crippen LogP contribution in [0.15, 0.2) is 28.1 Å². The number of fused-ring (bicyclic) bond motifs is 1. The molecule has 1 aliphatic rings. The fraction of sp³-hybridized carbons (Fsp3) is 0.375. The van der Waals surface area contributed by atoms with Gasteiger partial charge in [0.2, 0.25) is 0 Å². The molecule has 100 valence electrons. The summed E-state index contributed by atoms with van der Waals surface area (Å²) < 4.78 is 1.26. The average molecular weight is 336 g/mol. The lowest BCUT2D eigenvalue weighted by molar-refractivity contribution is 0.608. The van der Waals surface area contributed by atoms with Crippen molar-refractivity contribution in [1.82, 2.24) is 0 Å². The van der Waals surface area contributed by atoms with Crippen molar-refractivity contribution < 1.29 is 0 Å². The molecule has 19 heavy (non-hydrogen) atoms. The van der Waals surface area contributed by atoms with Crippen LogP contribution in [0.3, 0.4) is 0 Å². The summed E-state index contributed by atoms with van der Waals surface area (Å²) in [5.41, 5.74) is 5.38. The van der Waals surface area contributed by atoms with Crippen LogP contribution >= 0.6 is 27.3 Å². The summed E-state index contributed by atoms with van der Waals surface area (Å²) in [6.07, 6.45) is 3.74. The molecule has 2 aromatic rings. The van der Waals surface area contributed by atoms with Gasteiger partial charge < -0.3 is 5.32 Å². The molecule has 0 saturated carbocycles. The maximum Gasteiger partial charge on any atom is 0.0705 e. The number of thiophene rings is 1. The van der Waals surface area contributed by atoms with Crippen LogP contribution in [0.4, 0.5) is 5.69 Å². The van der Waals surface area contributed by atoms with Crippen molar-refractivity contribution in [2.75, 3.05) is 5.32 Å². The molecule has 0 bridgehead atoms. The van der Waals surface area contributed by atoms with Gasteiger partial charge in [0.05, 0.1) is 9.83 Å². The van der Waals surface area contributed by atoms with Crippen molar-refractivity contribution in [2.45, 2.75) is 39.2 Å². The lowest BCUT2D eigenvalue weighted by Crippen LogP contribution is -2.15. The van der Waals surface area contributed by atoms with Crippen LogP contribution in [0.2, 0.25) is 0 Å². The first-order valence-electron chi connectivity index (χ1n) is 6.75. The molecule has 1 aliphatic carbocycles. The van der Waals surface area contributed by atoms with Crippen LogP contribution in [0.1, 0.15) is 40.5 Å². The summed E-state index contributed by atoms with van der Waals surface area (Å²) in [5.74, 6) is 0. The Bertz CT molecular complexity index is 583. The third-order valence-electron chi connectivity index (χ3n) is 3.65. The second kappa shape index (κ2) is 5.29. The first-order valence-corrected chi connectivity index (χ1v) is 8.36. The van der Waals surface area contributed by atoms with Gasteiger partial charge in [0.1, 0.15) is 0 Å². The molecule has 0 fully saturated rings. The predicted molar refractivity (Wildman–Crippen MR) is 87.2 cm³/mol. The molecule has 0 aliphatic heterocycles. The van der Waals surface area contributed by atoms with E-state index in [0.29, 0.717) is 6.04 Å². The van der Waals surface area contributed by atoms with Gasteiger partial charge in [-0.05, 0) is 83.9 Å². The molecule has 1 nitrogen and oxygen atoms in total. The first-order chi connectivity index (χ1) is 9.11. The summed E-state index contributed by atoms with van der Waals surface area (Å²) in [5, 5.41) is 3.72. The quantitative estimate of drug-likeness (QED) is 0.751. The van der Waals surface area contributed by atoms with E-state index in [2.05, 4.69) is 59.4 Å². The van der Waals surface area contributed by atoms with E-state index in [-0.39, 0.29) is 0 Å². The zero-order chi connectivity index (χ0) is 13.4. The number of benzene rings is 1. The van der Waals surface area contributed by atoms with Crippen molar-refractivity contribution in [2.24, 2.45) is 0 Å². The Labute approximate surface area is 127 Å². The monoisotopic (exact) mass is 335 g/mol. The van der Waals surface area contributed by atoms with Crippen LogP contribution in [0.25, 0.3) is 0 Å². The molecule has 1 aromatic carbocycles. The van der Waals surface area contributed by atoms with Gasteiger partial charge in [-0.15, -0.1) is 11.3 Å². The highest BCUT2D eigenvalue weighted by molar-refractivity contribution is 9.11. The molecular weight excluding hydrogens is 318 g/mol. The van der Waals surface area contributed by atoms with Crippen molar-refractivity contribution in [3.8, 4) is 0 Å². The molecule has 1 aromatic heterocycles. The predicted octanol–water partition coefficient (Wildman–Crippen LogP) is 5.62. The fourth-order valence-corrected chi connectivity index (χ4v) is 4.75. The van der Waals surface area contributed by atoms with Gasteiger partial charge in [0.15, 0.2) is 0 Å². The standard InChI is InChI=1S/C16H18BrNS/c1-10-6-11(2)8-12(7-10)18-14-4-3-5-15-13(14)9-16(17)19-15/h6-9,14,18H,3-5H2,1-2H3. The van der Waals surface area contributed by atoms with E-state index >= 15 is 0 Å². The third-order valence-corrected chi connectivity index (χ3v) is 5.36.